The number of unbranched alkanes of at least 4 members (excludes halogenated alkanes) is 1. The van der Waals surface area contributed by atoms with E-state index in [0.29, 0.717) is 25.7 Å². The number of aldehydes is 1. The molecule has 0 radical (unpaired) electrons. The third kappa shape index (κ3) is 13.4. The van der Waals surface area contributed by atoms with Crippen LogP contribution in [0.25, 0.3) is 0 Å². The Bertz CT molecular complexity index is 600. The molecule has 0 heterocycles. The van der Waals surface area contributed by atoms with Crippen LogP contribution in [0.5, 0.6) is 0 Å². The molecule has 0 rings (SSSR count). The highest BCUT2D eigenvalue weighted by molar-refractivity contribution is 5.87. The molecule has 0 bridgehead atoms. The lowest BCUT2D eigenvalue weighted by atomic mass is 10.1. The summed E-state index contributed by atoms with van der Waals surface area (Å²) in [6.45, 7) is 4.08. The van der Waals surface area contributed by atoms with E-state index in [0.717, 1.165) is 0 Å². The van der Waals surface area contributed by atoms with E-state index in [1.54, 1.807) is 13.8 Å². The first-order chi connectivity index (χ1) is 14.6. The fourth-order valence-corrected chi connectivity index (χ4v) is 2.44. The van der Waals surface area contributed by atoms with Crippen molar-refractivity contribution < 1.29 is 33.9 Å². The van der Waals surface area contributed by atoms with Crippen LogP contribution in [0.2, 0.25) is 0 Å². The van der Waals surface area contributed by atoms with Crippen LogP contribution in [-0.4, -0.2) is 59.9 Å². The zero-order valence-electron chi connectivity index (χ0n) is 18.1. The van der Waals surface area contributed by atoms with Gasteiger partial charge in [0.05, 0.1) is 0 Å². The predicted molar refractivity (Wildman–Crippen MR) is 111 cm³/mol. The topological polar surface area (TPSA) is 203 Å². The summed E-state index contributed by atoms with van der Waals surface area (Å²) in [5, 5.41) is 14.2. The average molecular weight is 446 g/mol. The van der Waals surface area contributed by atoms with Gasteiger partial charge < -0.3 is 32.0 Å². The quantitative estimate of drug-likeness (QED) is 0.0656. The normalized spacial score (nSPS) is 13.8. The molecule has 12 heteroatoms. The van der Waals surface area contributed by atoms with Gasteiger partial charge in [0.1, 0.15) is 18.4 Å². The van der Waals surface area contributed by atoms with Gasteiger partial charge in [-0.05, 0) is 32.2 Å². The Morgan fingerprint density at radius 2 is 1.71 bits per heavy atom. The van der Waals surface area contributed by atoms with Gasteiger partial charge >= 0.3 is 5.97 Å². The number of nitrogens with one attached hydrogen (secondary N) is 3. The number of hydroxylamine groups is 1. The van der Waals surface area contributed by atoms with E-state index in [1.165, 1.54) is 0 Å². The van der Waals surface area contributed by atoms with Crippen molar-refractivity contribution in [2.24, 2.45) is 17.4 Å². The van der Waals surface area contributed by atoms with Gasteiger partial charge in [0.15, 0.2) is 6.23 Å². The van der Waals surface area contributed by atoms with E-state index in [1.807, 2.05) is 0 Å². The molecular formula is C19H35N5O7. The fraction of sp³-hybridized carbons (Fsp3) is 0.737. The average Bonchev–Trinajstić information content (AvgIpc) is 2.69. The molecule has 178 valence electrons. The van der Waals surface area contributed by atoms with Gasteiger partial charge in [0.25, 0.3) is 0 Å². The molecule has 0 aromatic heterocycles. The minimum absolute atomic E-state index is 0.0429. The molecule has 0 aliphatic carbocycles. The van der Waals surface area contributed by atoms with Crippen LogP contribution in [0.3, 0.4) is 0 Å². The van der Waals surface area contributed by atoms with Crippen LogP contribution in [0, 0.1) is 5.92 Å². The van der Waals surface area contributed by atoms with Crippen molar-refractivity contribution in [1.29, 1.82) is 0 Å². The highest BCUT2D eigenvalue weighted by Crippen LogP contribution is 2.07. The van der Waals surface area contributed by atoms with Crippen LogP contribution in [0.15, 0.2) is 0 Å². The van der Waals surface area contributed by atoms with Crippen molar-refractivity contribution in [3.8, 4) is 0 Å². The lowest BCUT2D eigenvalue weighted by Gasteiger charge is -2.26. The Morgan fingerprint density at radius 3 is 2.23 bits per heavy atom. The highest BCUT2D eigenvalue weighted by Gasteiger charge is 2.27. The molecule has 3 atom stereocenters. The minimum atomic E-state index is -1.30. The molecule has 0 aromatic rings. The second-order valence-electron chi connectivity index (χ2n) is 7.41. The molecule has 0 saturated heterocycles. The molecule has 0 aliphatic rings. The second-order valence-corrected chi connectivity index (χ2v) is 7.41. The molecule has 1 unspecified atom stereocenters. The smallest absolute Gasteiger partial charge is 0.326 e. The van der Waals surface area contributed by atoms with Gasteiger partial charge in [0, 0.05) is 25.2 Å². The summed E-state index contributed by atoms with van der Waals surface area (Å²) >= 11 is 0. The maximum absolute atomic E-state index is 12.6. The first-order valence-electron chi connectivity index (χ1n) is 10.3. The molecule has 0 aromatic carbocycles. The lowest BCUT2D eigenvalue weighted by molar-refractivity contribution is -0.146. The summed E-state index contributed by atoms with van der Waals surface area (Å²) in [4.78, 5) is 63.1. The van der Waals surface area contributed by atoms with E-state index < -0.39 is 36.1 Å². The SMILES string of the molecule is CC(C)[C@@H](NC(=O)CCCCN)ON[C@H](CCC(N)=O)C(=O)NC(CCC=O)C(=O)O. The number of amides is 3. The lowest BCUT2D eigenvalue weighted by Crippen LogP contribution is -2.53. The van der Waals surface area contributed by atoms with Crippen molar-refractivity contribution in [3.05, 3.63) is 0 Å². The number of hydrogen-bond acceptors (Lipinski definition) is 8. The molecule has 31 heavy (non-hydrogen) atoms. The summed E-state index contributed by atoms with van der Waals surface area (Å²) in [6, 6.07) is -2.39. The third-order valence-corrected chi connectivity index (χ3v) is 4.29. The summed E-state index contributed by atoms with van der Waals surface area (Å²) < 4.78 is 0. The zero-order valence-corrected chi connectivity index (χ0v) is 18.1. The minimum Gasteiger partial charge on any atom is -0.480 e. The van der Waals surface area contributed by atoms with Crippen molar-refractivity contribution >= 4 is 30.0 Å². The second kappa shape index (κ2) is 16.2. The first kappa shape index (κ1) is 28.4. The number of primary amides is 1. The Labute approximate surface area is 181 Å². The molecule has 0 spiro atoms. The van der Waals surface area contributed by atoms with Gasteiger partial charge in [-0.3, -0.25) is 19.2 Å². The Hall–Kier alpha value is -2.57. The van der Waals surface area contributed by atoms with Gasteiger partial charge in [-0.1, -0.05) is 13.8 Å². The Kier molecular flexibility index (Phi) is 14.8. The van der Waals surface area contributed by atoms with Crippen molar-refractivity contribution in [1.82, 2.24) is 16.1 Å². The molecule has 8 N–H and O–H groups in total. The van der Waals surface area contributed by atoms with Crippen molar-refractivity contribution in [2.45, 2.75) is 77.1 Å². The van der Waals surface area contributed by atoms with Gasteiger partial charge in [-0.2, -0.15) is 5.48 Å². The van der Waals surface area contributed by atoms with Crippen LogP contribution in [0.4, 0.5) is 0 Å². The molecule has 12 nitrogen and oxygen atoms in total. The van der Waals surface area contributed by atoms with E-state index in [9.17, 15) is 29.1 Å². The Morgan fingerprint density at radius 1 is 1.03 bits per heavy atom. The molecular weight excluding hydrogens is 410 g/mol. The number of rotatable bonds is 18. The van der Waals surface area contributed by atoms with E-state index in [4.69, 9.17) is 16.3 Å². The number of carboxylic acid groups (broad SMARTS) is 1. The Balaban J connectivity index is 5.06. The zero-order chi connectivity index (χ0) is 23.8. The van der Waals surface area contributed by atoms with Gasteiger partial charge in [-0.15, -0.1) is 0 Å². The summed E-state index contributed by atoms with van der Waals surface area (Å²) in [6.07, 6.45) is 1.04. The van der Waals surface area contributed by atoms with Crippen molar-refractivity contribution in [3.63, 3.8) is 0 Å². The van der Waals surface area contributed by atoms with Crippen molar-refractivity contribution in [2.75, 3.05) is 6.54 Å². The maximum atomic E-state index is 12.6. The number of carbonyl (C=O) groups is 5. The van der Waals surface area contributed by atoms with E-state index >= 15 is 0 Å². The summed E-state index contributed by atoms with van der Waals surface area (Å²) in [7, 11) is 0. The predicted octanol–water partition coefficient (Wildman–Crippen LogP) is -1.08. The third-order valence-electron chi connectivity index (χ3n) is 4.29. The number of carboxylic acids is 1. The largest absolute Gasteiger partial charge is 0.480 e. The summed E-state index contributed by atoms with van der Waals surface area (Å²) in [5.74, 6) is -3.09. The number of carbonyl (C=O) groups excluding carboxylic acids is 4. The molecule has 0 saturated carbocycles. The number of hydrogen-bond donors (Lipinski definition) is 6. The van der Waals surface area contributed by atoms with Crippen LogP contribution < -0.4 is 27.6 Å². The monoisotopic (exact) mass is 445 g/mol. The standard InChI is InChI=1S/C19H35N5O7/c1-12(2)18(23-16(27)7-3-4-10-20)31-24-13(8-9-15(21)26)17(28)22-14(19(29)30)6-5-11-25/h11-14,18,24H,3-10,20H2,1-2H3,(H2,21,26)(H,22,28)(H,23,27)(H,29,30)/t13-,14?,18+/m1/s1. The molecule has 3 amide bonds. The van der Waals surface area contributed by atoms with E-state index in [2.05, 4.69) is 16.1 Å². The van der Waals surface area contributed by atoms with Crippen LogP contribution in [-0.2, 0) is 28.8 Å². The first-order valence-corrected chi connectivity index (χ1v) is 10.3. The molecule has 0 aliphatic heterocycles. The van der Waals surface area contributed by atoms with Gasteiger partial charge in [0.2, 0.25) is 17.7 Å². The maximum Gasteiger partial charge on any atom is 0.326 e. The number of nitrogens with two attached hydrogens (primary N) is 2. The summed E-state index contributed by atoms with van der Waals surface area (Å²) in [5.41, 5.74) is 13.1. The fourth-order valence-electron chi connectivity index (χ4n) is 2.44. The van der Waals surface area contributed by atoms with Gasteiger partial charge in [-0.25, -0.2) is 4.79 Å². The number of aliphatic carboxylic acids is 1. The van der Waals surface area contributed by atoms with Crippen LogP contribution in [0.1, 0.15) is 58.8 Å². The highest BCUT2D eigenvalue weighted by atomic mass is 16.7. The molecule has 0 fully saturated rings. The van der Waals surface area contributed by atoms with Crippen LogP contribution >= 0.6 is 0 Å². The van der Waals surface area contributed by atoms with E-state index in [-0.39, 0.29) is 43.9 Å².